The van der Waals surface area contributed by atoms with E-state index in [4.69, 9.17) is 5.11 Å². The Morgan fingerprint density at radius 3 is 2.64 bits per heavy atom. The molecule has 0 atom stereocenters. The van der Waals surface area contributed by atoms with E-state index in [1.165, 1.54) is 7.11 Å². The number of halogens is 2. The number of methoxy groups -OCH3 is 1. The van der Waals surface area contributed by atoms with Crippen LogP contribution in [-0.4, -0.2) is 23.2 Å². The zero-order valence-corrected chi connectivity index (χ0v) is 7.20. The molecule has 0 saturated heterocycles. The minimum Gasteiger partial charge on any atom is -0.494 e. The number of rotatable bonds is 3. The van der Waals surface area contributed by atoms with Crippen molar-refractivity contribution in [3.05, 3.63) is 23.5 Å². The van der Waals surface area contributed by atoms with Crippen molar-refractivity contribution in [1.82, 2.24) is 4.98 Å². The van der Waals surface area contributed by atoms with Crippen LogP contribution in [0, 0.1) is 0 Å². The van der Waals surface area contributed by atoms with Crippen molar-refractivity contribution < 1.29 is 23.4 Å². The zero-order chi connectivity index (χ0) is 10.7. The summed E-state index contributed by atoms with van der Waals surface area (Å²) in [5, 5.41) is 8.62. The van der Waals surface area contributed by atoms with Gasteiger partial charge in [0.15, 0.2) is 11.4 Å². The molecule has 0 aromatic carbocycles. The summed E-state index contributed by atoms with van der Waals surface area (Å²) in [7, 11) is 1.24. The van der Waals surface area contributed by atoms with Gasteiger partial charge < -0.3 is 9.84 Å². The van der Waals surface area contributed by atoms with Gasteiger partial charge in [0, 0.05) is 0 Å². The molecule has 1 rings (SSSR count). The normalized spacial score (nSPS) is 10.3. The number of pyridine rings is 1. The predicted octanol–water partition coefficient (Wildman–Crippen LogP) is 1.73. The number of hydrogen-bond acceptors (Lipinski definition) is 3. The first-order chi connectivity index (χ1) is 6.56. The van der Waals surface area contributed by atoms with Crippen molar-refractivity contribution in [3.8, 4) is 5.75 Å². The molecule has 4 nitrogen and oxygen atoms in total. The lowest BCUT2D eigenvalue weighted by Gasteiger charge is -2.05. The first kappa shape index (κ1) is 10.4. The molecule has 0 aliphatic carbocycles. The Morgan fingerprint density at radius 1 is 1.57 bits per heavy atom. The largest absolute Gasteiger partial charge is 0.494 e. The summed E-state index contributed by atoms with van der Waals surface area (Å²) in [4.78, 5) is 13.8. The summed E-state index contributed by atoms with van der Waals surface area (Å²) < 4.78 is 29.0. The molecular formula is C8H7F2NO3. The van der Waals surface area contributed by atoms with Crippen LogP contribution in [0.4, 0.5) is 8.78 Å². The van der Waals surface area contributed by atoms with Gasteiger partial charge in [-0.25, -0.2) is 18.6 Å². The predicted molar refractivity (Wildman–Crippen MR) is 42.7 cm³/mol. The first-order valence-electron chi connectivity index (χ1n) is 3.62. The highest BCUT2D eigenvalue weighted by Crippen LogP contribution is 2.22. The van der Waals surface area contributed by atoms with Gasteiger partial charge in [-0.1, -0.05) is 0 Å². The SMILES string of the molecule is COc1ccc(C(F)F)nc1C(=O)O. The molecule has 0 spiro atoms. The Morgan fingerprint density at radius 2 is 2.21 bits per heavy atom. The average molecular weight is 203 g/mol. The molecule has 1 aromatic rings. The van der Waals surface area contributed by atoms with E-state index in [-0.39, 0.29) is 5.75 Å². The minimum absolute atomic E-state index is 0.0399. The Labute approximate surface area is 78.1 Å². The van der Waals surface area contributed by atoms with Gasteiger partial charge in [0.25, 0.3) is 6.43 Å². The second kappa shape index (κ2) is 3.99. The van der Waals surface area contributed by atoms with Crippen LogP contribution in [0.3, 0.4) is 0 Å². The van der Waals surface area contributed by atoms with E-state index in [9.17, 15) is 13.6 Å². The Bertz CT molecular complexity index is 354. The molecule has 1 heterocycles. The van der Waals surface area contributed by atoms with E-state index in [1.54, 1.807) is 0 Å². The van der Waals surface area contributed by atoms with E-state index in [2.05, 4.69) is 9.72 Å². The summed E-state index contributed by atoms with van der Waals surface area (Å²) in [6.45, 7) is 0. The van der Waals surface area contributed by atoms with Crippen LogP contribution in [0.2, 0.25) is 0 Å². The van der Waals surface area contributed by atoms with E-state index in [0.717, 1.165) is 12.1 Å². The number of alkyl halides is 2. The molecule has 0 bridgehead atoms. The molecule has 1 aromatic heterocycles. The maximum atomic E-state index is 12.1. The quantitative estimate of drug-likeness (QED) is 0.812. The number of carboxylic acid groups (broad SMARTS) is 1. The number of ether oxygens (including phenoxy) is 1. The van der Waals surface area contributed by atoms with Crippen LogP contribution >= 0.6 is 0 Å². The summed E-state index contributed by atoms with van der Waals surface area (Å²) in [5.41, 5.74) is -1.09. The molecule has 0 fully saturated rings. The van der Waals surface area contributed by atoms with Crippen molar-refractivity contribution in [2.45, 2.75) is 6.43 Å². The maximum absolute atomic E-state index is 12.1. The maximum Gasteiger partial charge on any atom is 0.358 e. The van der Waals surface area contributed by atoms with Crippen molar-refractivity contribution >= 4 is 5.97 Å². The van der Waals surface area contributed by atoms with Crippen LogP contribution < -0.4 is 4.74 Å². The molecule has 76 valence electrons. The third-order valence-electron chi connectivity index (χ3n) is 1.53. The molecule has 0 unspecified atom stereocenters. The molecule has 0 aliphatic rings. The average Bonchev–Trinajstić information content (AvgIpc) is 2.16. The van der Waals surface area contributed by atoms with Gasteiger partial charge in [0.05, 0.1) is 7.11 Å². The molecule has 1 N–H and O–H groups in total. The molecule has 0 saturated carbocycles. The fraction of sp³-hybridized carbons (Fsp3) is 0.250. The number of aromatic nitrogens is 1. The third-order valence-corrected chi connectivity index (χ3v) is 1.53. The molecule has 6 heteroatoms. The third kappa shape index (κ3) is 1.95. The lowest BCUT2D eigenvalue weighted by molar-refractivity contribution is 0.0684. The number of aromatic carboxylic acids is 1. The number of hydrogen-bond donors (Lipinski definition) is 1. The Kier molecular flexibility index (Phi) is 2.95. The lowest BCUT2D eigenvalue weighted by Crippen LogP contribution is -2.06. The second-order valence-corrected chi connectivity index (χ2v) is 2.39. The molecule has 0 radical (unpaired) electrons. The zero-order valence-electron chi connectivity index (χ0n) is 7.20. The molecular weight excluding hydrogens is 196 g/mol. The highest BCUT2D eigenvalue weighted by Gasteiger charge is 2.17. The second-order valence-electron chi connectivity index (χ2n) is 2.39. The van der Waals surface area contributed by atoms with Gasteiger partial charge in [0.1, 0.15) is 5.69 Å². The van der Waals surface area contributed by atoms with Gasteiger partial charge in [-0.15, -0.1) is 0 Å². The van der Waals surface area contributed by atoms with Crippen molar-refractivity contribution in [2.75, 3.05) is 7.11 Å². The number of carbonyl (C=O) groups is 1. The monoisotopic (exact) mass is 203 g/mol. The van der Waals surface area contributed by atoms with Gasteiger partial charge in [-0.05, 0) is 12.1 Å². The highest BCUT2D eigenvalue weighted by atomic mass is 19.3. The minimum atomic E-state index is -2.79. The van der Waals surface area contributed by atoms with Crippen LogP contribution in [-0.2, 0) is 0 Å². The van der Waals surface area contributed by atoms with Crippen molar-refractivity contribution in [2.24, 2.45) is 0 Å². The van der Waals surface area contributed by atoms with Crippen LogP contribution in [0.1, 0.15) is 22.6 Å². The van der Waals surface area contributed by atoms with E-state index >= 15 is 0 Å². The summed E-state index contributed by atoms with van der Waals surface area (Å²) >= 11 is 0. The first-order valence-corrected chi connectivity index (χ1v) is 3.62. The highest BCUT2D eigenvalue weighted by molar-refractivity contribution is 5.88. The van der Waals surface area contributed by atoms with Gasteiger partial charge in [0.2, 0.25) is 0 Å². The van der Waals surface area contributed by atoms with E-state index in [1.807, 2.05) is 0 Å². The van der Waals surface area contributed by atoms with Gasteiger partial charge in [-0.3, -0.25) is 0 Å². The summed E-state index contributed by atoms with van der Waals surface area (Å²) in [6.07, 6.45) is -2.79. The standard InChI is InChI=1S/C8H7F2NO3/c1-14-5-3-2-4(7(9)10)11-6(5)8(12)13/h2-3,7H,1H3,(H,12,13). The van der Waals surface area contributed by atoms with Crippen LogP contribution in [0.5, 0.6) is 5.75 Å². The smallest absolute Gasteiger partial charge is 0.358 e. The summed E-state index contributed by atoms with van der Waals surface area (Å²) in [6, 6.07) is 2.17. The molecule has 0 amide bonds. The van der Waals surface area contributed by atoms with Gasteiger partial charge >= 0.3 is 5.97 Å². The Balaban J connectivity index is 3.21. The van der Waals surface area contributed by atoms with E-state index in [0.29, 0.717) is 0 Å². The Hall–Kier alpha value is -1.72. The fourth-order valence-electron chi connectivity index (χ4n) is 0.901. The van der Waals surface area contributed by atoms with Crippen molar-refractivity contribution in [3.63, 3.8) is 0 Å². The number of nitrogens with zero attached hydrogens (tertiary/aromatic N) is 1. The van der Waals surface area contributed by atoms with Crippen molar-refractivity contribution in [1.29, 1.82) is 0 Å². The molecule has 0 aliphatic heterocycles. The molecule has 14 heavy (non-hydrogen) atoms. The topological polar surface area (TPSA) is 59.4 Å². The van der Waals surface area contributed by atoms with Gasteiger partial charge in [-0.2, -0.15) is 0 Å². The van der Waals surface area contributed by atoms with E-state index < -0.39 is 23.8 Å². The number of carboxylic acids is 1. The van der Waals surface area contributed by atoms with Crippen LogP contribution in [0.25, 0.3) is 0 Å². The fourth-order valence-corrected chi connectivity index (χ4v) is 0.901. The summed E-state index contributed by atoms with van der Waals surface area (Å²) in [5.74, 6) is -1.44. The lowest BCUT2D eigenvalue weighted by atomic mass is 10.3. The van der Waals surface area contributed by atoms with Crippen LogP contribution in [0.15, 0.2) is 12.1 Å².